The molecule has 0 aromatic carbocycles. The first-order valence-electron chi connectivity index (χ1n) is 5.48. The van der Waals surface area contributed by atoms with E-state index in [2.05, 4.69) is 4.72 Å². The van der Waals surface area contributed by atoms with Crippen LogP contribution in [0.3, 0.4) is 0 Å². The summed E-state index contributed by atoms with van der Waals surface area (Å²) in [6, 6.07) is 1.78. The van der Waals surface area contributed by atoms with Crippen LogP contribution in [0.15, 0.2) is 0 Å². The number of sulfonamides is 1. The maximum atomic E-state index is 11.9. The van der Waals surface area contributed by atoms with Gasteiger partial charge in [0.1, 0.15) is 0 Å². The molecule has 15 heavy (non-hydrogen) atoms. The normalized spacial score (nSPS) is 20.0. The summed E-state index contributed by atoms with van der Waals surface area (Å²) in [5, 5.41) is 8.31. The average Bonchev–Trinajstić information content (AvgIpc) is 2.70. The summed E-state index contributed by atoms with van der Waals surface area (Å²) in [6.45, 7) is 1.89. The zero-order valence-electron chi connectivity index (χ0n) is 9.07. The van der Waals surface area contributed by atoms with Gasteiger partial charge in [-0.25, -0.2) is 13.1 Å². The van der Waals surface area contributed by atoms with Crippen molar-refractivity contribution in [3.05, 3.63) is 0 Å². The number of rotatable bonds is 5. The van der Waals surface area contributed by atoms with E-state index in [9.17, 15) is 8.42 Å². The third-order valence-electron chi connectivity index (χ3n) is 2.90. The Hall–Kier alpha value is -0.600. The largest absolute Gasteiger partial charge is 0.214 e. The van der Waals surface area contributed by atoms with E-state index >= 15 is 0 Å². The number of hydrogen-bond donors (Lipinski definition) is 1. The van der Waals surface area contributed by atoms with Crippen molar-refractivity contribution in [2.45, 2.75) is 56.7 Å². The van der Waals surface area contributed by atoms with Crippen LogP contribution >= 0.6 is 0 Å². The minimum atomic E-state index is -3.19. The van der Waals surface area contributed by atoms with Crippen molar-refractivity contribution in [1.29, 1.82) is 5.26 Å². The highest BCUT2D eigenvalue weighted by molar-refractivity contribution is 7.90. The van der Waals surface area contributed by atoms with E-state index in [1.807, 2.05) is 13.0 Å². The van der Waals surface area contributed by atoms with Gasteiger partial charge in [0.15, 0.2) is 0 Å². The van der Waals surface area contributed by atoms with Crippen LogP contribution in [0, 0.1) is 11.3 Å². The quantitative estimate of drug-likeness (QED) is 0.778. The van der Waals surface area contributed by atoms with Crippen LogP contribution in [0.1, 0.15) is 45.4 Å². The molecule has 0 aliphatic heterocycles. The maximum absolute atomic E-state index is 11.9. The Kier molecular flexibility index (Phi) is 4.55. The molecular formula is C10H18N2O2S. The SMILES string of the molecule is CCC(CC#N)NS(=O)(=O)C1CCCC1. The van der Waals surface area contributed by atoms with Gasteiger partial charge in [0.25, 0.3) is 0 Å². The van der Waals surface area contributed by atoms with E-state index in [1.165, 1.54) is 0 Å². The van der Waals surface area contributed by atoms with Crippen LogP contribution in [0.4, 0.5) is 0 Å². The third kappa shape index (κ3) is 3.47. The lowest BCUT2D eigenvalue weighted by Crippen LogP contribution is -2.39. The zero-order valence-corrected chi connectivity index (χ0v) is 9.89. The second kappa shape index (κ2) is 5.47. The van der Waals surface area contributed by atoms with E-state index in [0.29, 0.717) is 6.42 Å². The topological polar surface area (TPSA) is 70.0 Å². The van der Waals surface area contributed by atoms with Gasteiger partial charge in [-0.15, -0.1) is 0 Å². The summed E-state index contributed by atoms with van der Waals surface area (Å²) in [4.78, 5) is 0. The van der Waals surface area contributed by atoms with Crippen molar-refractivity contribution in [3.8, 4) is 6.07 Å². The predicted molar refractivity (Wildman–Crippen MR) is 58.6 cm³/mol. The molecule has 0 bridgehead atoms. The number of nitrogens with one attached hydrogen (secondary N) is 1. The van der Waals surface area contributed by atoms with Crippen molar-refractivity contribution in [1.82, 2.24) is 4.72 Å². The molecule has 1 saturated carbocycles. The van der Waals surface area contributed by atoms with Crippen molar-refractivity contribution in [2.75, 3.05) is 0 Å². The van der Waals surface area contributed by atoms with Gasteiger partial charge in [0.05, 0.1) is 17.7 Å². The molecule has 5 heteroatoms. The number of nitrogens with zero attached hydrogens (tertiary/aromatic N) is 1. The van der Waals surface area contributed by atoms with E-state index in [4.69, 9.17) is 5.26 Å². The van der Waals surface area contributed by atoms with E-state index < -0.39 is 10.0 Å². The summed E-state index contributed by atoms with van der Waals surface area (Å²) in [7, 11) is -3.19. The highest BCUT2D eigenvalue weighted by Crippen LogP contribution is 2.24. The zero-order chi connectivity index (χ0) is 11.3. The van der Waals surface area contributed by atoms with Gasteiger partial charge in [-0.1, -0.05) is 19.8 Å². The third-order valence-corrected chi connectivity index (χ3v) is 4.91. The Morgan fingerprint density at radius 2 is 2.07 bits per heavy atom. The highest BCUT2D eigenvalue weighted by atomic mass is 32.2. The molecule has 4 nitrogen and oxygen atoms in total. The summed E-state index contributed by atoms with van der Waals surface area (Å²) in [5.74, 6) is 0. The monoisotopic (exact) mass is 230 g/mol. The molecular weight excluding hydrogens is 212 g/mol. The van der Waals surface area contributed by atoms with Crippen LogP contribution in [0.5, 0.6) is 0 Å². The number of hydrogen-bond acceptors (Lipinski definition) is 3. The van der Waals surface area contributed by atoms with Gasteiger partial charge >= 0.3 is 0 Å². The van der Waals surface area contributed by atoms with Gasteiger partial charge in [-0.3, -0.25) is 0 Å². The van der Waals surface area contributed by atoms with Gasteiger partial charge in [0, 0.05) is 6.04 Å². The average molecular weight is 230 g/mol. The predicted octanol–water partition coefficient (Wildman–Crippen LogP) is 1.54. The van der Waals surface area contributed by atoms with Gasteiger partial charge < -0.3 is 0 Å². The second-order valence-corrected chi connectivity index (χ2v) is 6.03. The molecule has 1 rings (SSSR count). The molecule has 1 aliphatic carbocycles. The van der Waals surface area contributed by atoms with E-state index in [0.717, 1.165) is 25.7 Å². The molecule has 0 spiro atoms. The van der Waals surface area contributed by atoms with E-state index in [1.54, 1.807) is 0 Å². The fourth-order valence-corrected chi connectivity index (χ4v) is 3.77. The first-order chi connectivity index (χ1) is 7.10. The van der Waals surface area contributed by atoms with Crippen LogP contribution < -0.4 is 4.72 Å². The lowest BCUT2D eigenvalue weighted by Gasteiger charge is -2.17. The van der Waals surface area contributed by atoms with Crippen molar-refractivity contribution < 1.29 is 8.42 Å². The first kappa shape index (κ1) is 12.5. The summed E-state index contributed by atoms with van der Waals surface area (Å²) < 4.78 is 26.3. The Labute approximate surface area is 91.7 Å². The van der Waals surface area contributed by atoms with Gasteiger partial charge in [0.2, 0.25) is 10.0 Å². The first-order valence-corrected chi connectivity index (χ1v) is 7.03. The molecule has 1 unspecified atom stereocenters. The molecule has 0 amide bonds. The fraction of sp³-hybridized carbons (Fsp3) is 0.900. The number of nitriles is 1. The second-order valence-electron chi connectivity index (χ2n) is 4.04. The Bertz CT molecular complexity index is 326. The van der Waals surface area contributed by atoms with Crippen molar-refractivity contribution >= 4 is 10.0 Å². The molecule has 0 aromatic rings. The van der Waals surface area contributed by atoms with Gasteiger partial charge in [-0.2, -0.15) is 5.26 Å². The van der Waals surface area contributed by atoms with Crippen LogP contribution in [0.2, 0.25) is 0 Å². The molecule has 0 heterocycles. The summed E-state index contributed by atoms with van der Waals surface area (Å²) >= 11 is 0. The standard InChI is InChI=1S/C10H18N2O2S/c1-2-9(7-8-11)12-15(13,14)10-5-3-4-6-10/h9-10,12H,2-7H2,1H3. The minimum Gasteiger partial charge on any atom is -0.212 e. The molecule has 1 atom stereocenters. The maximum Gasteiger partial charge on any atom is 0.214 e. The van der Waals surface area contributed by atoms with Crippen LogP contribution in [-0.2, 0) is 10.0 Å². The molecule has 0 saturated heterocycles. The fourth-order valence-electron chi connectivity index (χ4n) is 1.91. The van der Waals surface area contributed by atoms with Crippen LogP contribution in [0.25, 0.3) is 0 Å². The van der Waals surface area contributed by atoms with Crippen molar-refractivity contribution in [3.63, 3.8) is 0 Å². The summed E-state index contributed by atoms with van der Waals surface area (Å²) in [6.07, 6.45) is 4.44. The smallest absolute Gasteiger partial charge is 0.212 e. The lowest BCUT2D eigenvalue weighted by atomic mass is 10.2. The molecule has 1 aliphatic rings. The Morgan fingerprint density at radius 3 is 2.53 bits per heavy atom. The Morgan fingerprint density at radius 1 is 1.47 bits per heavy atom. The molecule has 1 fully saturated rings. The van der Waals surface area contributed by atoms with Crippen LogP contribution in [-0.4, -0.2) is 19.7 Å². The van der Waals surface area contributed by atoms with Gasteiger partial charge in [-0.05, 0) is 19.3 Å². The minimum absolute atomic E-state index is 0.222. The molecule has 86 valence electrons. The highest BCUT2D eigenvalue weighted by Gasteiger charge is 2.29. The molecule has 0 aromatic heterocycles. The molecule has 1 N–H and O–H groups in total. The van der Waals surface area contributed by atoms with Crippen molar-refractivity contribution in [2.24, 2.45) is 0 Å². The lowest BCUT2D eigenvalue weighted by molar-refractivity contribution is 0.530. The summed E-state index contributed by atoms with van der Waals surface area (Å²) in [5.41, 5.74) is 0. The Balaban J connectivity index is 2.58. The van der Waals surface area contributed by atoms with E-state index in [-0.39, 0.29) is 17.7 Å². The molecule has 0 radical (unpaired) electrons.